The van der Waals surface area contributed by atoms with E-state index in [0.29, 0.717) is 24.5 Å². The van der Waals surface area contributed by atoms with E-state index in [1.54, 1.807) is 22.2 Å². The first-order valence-corrected chi connectivity index (χ1v) is 10.6. The number of hydrogen-bond donors (Lipinski definition) is 2. The van der Waals surface area contributed by atoms with E-state index in [4.69, 9.17) is 4.52 Å². The molecule has 0 radical (unpaired) electrons. The van der Waals surface area contributed by atoms with Crippen molar-refractivity contribution in [3.05, 3.63) is 17.7 Å². The maximum atomic E-state index is 13.1. The minimum atomic E-state index is -3.57. The molecule has 2 heterocycles. The number of quaternary nitrogens is 2. The highest BCUT2D eigenvalue weighted by Gasteiger charge is 2.37. The minimum Gasteiger partial charge on any atom is -0.355 e. The second-order valence-corrected chi connectivity index (χ2v) is 9.29. The zero-order valence-electron chi connectivity index (χ0n) is 15.4. The fourth-order valence-electron chi connectivity index (χ4n) is 3.93. The Morgan fingerprint density at radius 3 is 2.48 bits per heavy atom. The molecule has 2 N–H and O–H groups in total. The highest BCUT2D eigenvalue weighted by molar-refractivity contribution is 7.89. The van der Waals surface area contributed by atoms with Crippen LogP contribution >= 0.6 is 0 Å². The molecule has 25 heavy (non-hydrogen) atoms. The van der Waals surface area contributed by atoms with Gasteiger partial charge in [0, 0.05) is 6.08 Å². The lowest BCUT2D eigenvalue weighted by Crippen LogP contribution is -3.18. The van der Waals surface area contributed by atoms with Gasteiger partial charge in [0.2, 0.25) is 10.0 Å². The normalized spacial score (nSPS) is 21.8. The molecule has 7 nitrogen and oxygen atoms in total. The van der Waals surface area contributed by atoms with E-state index in [1.807, 2.05) is 20.3 Å². The standard InChI is InChI=1S/C17H28N4O3S/c1-14-17(16(24-18-14)8-9-19(2)3)25(22,23)21-12-10-20(11-13-21)15-6-4-5-7-15/h8-9,15H,4-7,10-13H2,1-3H3/p+2. The van der Waals surface area contributed by atoms with Crippen LogP contribution in [0.15, 0.2) is 15.6 Å². The summed E-state index contributed by atoms with van der Waals surface area (Å²) in [6.07, 6.45) is 8.76. The highest BCUT2D eigenvalue weighted by atomic mass is 32.2. The van der Waals surface area contributed by atoms with Crippen LogP contribution in [0.3, 0.4) is 0 Å². The van der Waals surface area contributed by atoms with Crippen LogP contribution in [-0.4, -0.2) is 64.2 Å². The fraction of sp³-hybridized carbons (Fsp3) is 0.706. The van der Waals surface area contributed by atoms with Crippen molar-refractivity contribution in [1.82, 2.24) is 9.46 Å². The van der Waals surface area contributed by atoms with Crippen molar-refractivity contribution in [3.8, 4) is 0 Å². The lowest BCUT2D eigenvalue weighted by molar-refractivity contribution is -0.928. The largest absolute Gasteiger partial charge is 0.355 e. The predicted octanol–water partition coefficient (Wildman–Crippen LogP) is -1.07. The molecule has 0 aromatic carbocycles. The van der Waals surface area contributed by atoms with Gasteiger partial charge in [-0.25, -0.2) is 8.42 Å². The van der Waals surface area contributed by atoms with Crippen LogP contribution in [0.5, 0.6) is 0 Å². The minimum absolute atomic E-state index is 0.217. The Bertz CT molecular complexity index is 712. The average molecular weight is 371 g/mol. The van der Waals surface area contributed by atoms with Crippen LogP contribution in [0.4, 0.5) is 0 Å². The Labute approximate surface area is 150 Å². The van der Waals surface area contributed by atoms with E-state index in [9.17, 15) is 8.42 Å². The van der Waals surface area contributed by atoms with Gasteiger partial charge in [0.05, 0.1) is 52.5 Å². The van der Waals surface area contributed by atoms with Gasteiger partial charge in [0.1, 0.15) is 5.69 Å². The predicted molar refractivity (Wildman–Crippen MR) is 94.8 cm³/mol. The van der Waals surface area contributed by atoms with Crippen molar-refractivity contribution in [2.75, 3.05) is 40.3 Å². The number of piperazine rings is 1. The molecule has 0 spiro atoms. The summed E-state index contributed by atoms with van der Waals surface area (Å²) in [5, 5.41) is 3.89. The van der Waals surface area contributed by atoms with Gasteiger partial charge >= 0.3 is 0 Å². The molecule has 3 rings (SSSR count). The molecule has 1 aromatic rings. The summed E-state index contributed by atoms with van der Waals surface area (Å²) >= 11 is 0. The molecular formula is C17H30N4O3S+2. The van der Waals surface area contributed by atoms with Crippen LogP contribution in [0.1, 0.15) is 37.1 Å². The highest BCUT2D eigenvalue weighted by Crippen LogP contribution is 2.25. The van der Waals surface area contributed by atoms with E-state index in [1.165, 1.54) is 25.7 Å². The first-order chi connectivity index (χ1) is 11.9. The third-order valence-corrected chi connectivity index (χ3v) is 7.35. The van der Waals surface area contributed by atoms with E-state index in [0.717, 1.165) is 24.0 Å². The molecule has 1 aliphatic heterocycles. The first-order valence-electron chi connectivity index (χ1n) is 9.19. The van der Waals surface area contributed by atoms with E-state index < -0.39 is 10.0 Å². The monoisotopic (exact) mass is 370 g/mol. The molecule has 1 saturated carbocycles. The van der Waals surface area contributed by atoms with E-state index in [-0.39, 0.29) is 4.90 Å². The molecule has 0 unspecified atom stereocenters. The molecule has 2 aliphatic rings. The van der Waals surface area contributed by atoms with Crippen LogP contribution in [0.2, 0.25) is 0 Å². The summed E-state index contributed by atoms with van der Waals surface area (Å²) in [7, 11) is 0.343. The van der Waals surface area contributed by atoms with E-state index in [2.05, 4.69) is 5.16 Å². The zero-order valence-corrected chi connectivity index (χ0v) is 16.2. The summed E-state index contributed by atoms with van der Waals surface area (Å²) < 4.78 is 33.1. The van der Waals surface area contributed by atoms with Crippen molar-refractivity contribution < 1.29 is 22.7 Å². The molecule has 1 aliphatic carbocycles. The Morgan fingerprint density at radius 1 is 1.24 bits per heavy atom. The summed E-state index contributed by atoms with van der Waals surface area (Å²) in [5.41, 5.74) is 0.430. The maximum absolute atomic E-state index is 13.1. The average Bonchev–Trinajstić information content (AvgIpc) is 3.23. The van der Waals surface area contributed by atoms with Gasteiger partial charge in [0.25, 0.3) is 0 Å². The van der Waals surface area contributed by atoms with Crippen molar-refractivity contribution in [1.29, 1.82) is 0 Å². The second kappa shape index (κ2) is 7.57. The van der Waals surface area contributed by atoms with Gasteiger partial charge in [0.15, 0.2) is 10.7 Å². The summed E-state index contributed by atoms with van der Waals surface area (Å²) in [5.74, 6) is 0.323. The number of sulfonamides is 1. The Kier molecular flexibility index (Phi) is 5.62. The Morgan fingerprint density at radius 2 is 1.88 bits per heavy atom. The van der Waals surface area contributed by atoms with Gasteiger partial charge in [-0.1, -0.05) is 5.16 Å². The smallest absolute Gasteiger partial charge is 0.249 e. The zero-order chi connectivity index (χ0) is 18.0. The lowest BCUT2D eigenvalue weighted by atomic mass is 10.2. The van der Waals surface area contributed by atoms with Gasteiger partial charge in [-0.15, -0.1) is 0 Å². The molecule has 8 heteroatoms. The Hall–Kier alpha value is -1.22. The maximum Gasteiger partial charge on any atom is 0.249 e. The number of hydrogen-bond acceptors (Lipinski definition) is 4. The Balaban J connectivity index is 1.75. The second-order valence-electron chi connectivity index (χ2n) is 7.42. The van der Waals surface area contributed by atoms with Crippen LogP contribution in [-0.2, 0) is 10.0 Å². The van der Waals surface area contributed by atoms with Gasteiger partial charge in [-0.3, -0.25) is 0 Å². The van der Waals surface area contributed by atoms with Crippen molar-refractivity contribution in [2.24, 2.45) is 0 Å². The van der Waals surface area contributed by atoms with Crippen molar-refractivity contribution >= 4 is 16.1 Å². The number of nitrogens with one attached hydrogen (secondary N) is 2. The molecule has 2 fully saturated rings. The van der Waals surface area contributed by atoms with Gasteiger partial charge in [-0.05, 0) is 32.6 Å². The molecule has 0 amide bonds. The summed E-state index contributed by atoms with van der Waals surface area (Å²) in [6.45, 7) is 4.61. The third-order valence-electron chi connectivity index (χ3n) is 5.30. The van der Waals surface area contributed by atoms with Crippen LogP contribution < -0.4 is 9.80 Å². The van der Waals surface area contributed by atoms with E-state index >= 15 is 0 Å². The van der Waals surface area contributed by atoms with Gasteiger partial charge < -0.3 is 14.3 Å². The number of rotatable bonds is 5. The molecular weight excluding hydrogens is 340 g/mol. The summed E-state index contributed by atoms with van der Waals surface area (Å²) in [4.78, 5) is 2.86. The lowest BCUT2D eigenvalue weighted by Gasteiger charge is -2.34. The first kappa shape index (κ1) is 18.6. The van der Waals surface area contributed by atoms with Crippen LogP contribution in [0.25, 0.3) is 6.08 Å². The molecule has 0 bridgehead atoms. The number of aryl methyl sites for hydroxylation is 1. The topological polar surface area (TPSA) is 72.3 Å². The molecule has 1 aromatic heterocycles. The van der Waals surface area contributed by atoms with Crippen LogP contribution in [0, 0.1) is 6.92 Å². The number of nitrogens with zero attached hydrogens (tertiary/aromatic N) is 2. The third kappa shape index (κ3) is 3.97. The fourth-order valence-corrected chi connectivity index (χ4v) is 5.62. The SMILES string of the molecule is Cc1noc(C=C[NH+](C)C)c1S(=O)(=O)N1CC[NH+](C2CCCC2)CC1. The number of aromatic nitrogens is 1. The summed E-state index contributed by atoms with van der Waals surface area (Å²) in [6, 6.07) is 0.726. The van der Waals surface area contributed by atoms with Crippen molar-refractivity contribution in [3.63, 3.8) is 0 Å². The van der Waals surface area contributed by atoms with Gasteiger partial charge in [-0.2, -0.15) is 4.31 Å². The molecule has 0 atom stereocenters. The quantitative estimate of drug-likeness (QED) is 0.692. The molecule has 1 saturated heterocycles. The molecule has 140 valence electrons. The van der Waals surface area contributed by atoms with Crippen molar-refractivity contribution in [2.45, 2.75) is 43.5 Å².